The Morgan fingerprint density at radius 3 is 2.71 bits per heavy atom. The van der Waals surface area contributed by atoms with Crippen molar-refractivity contribution < 1.29 is 8.42 Å². The summed E-state index contributed by atoms with van der Waals surface area (Å²) in [5.74, 6) is 0.649. The Hall–Kier alpha value is -0.990. The highest BCUT2D eigenvalue weighted by molar-refractivity contribution is 7.89. The molecule has 0 aliphatic carbocycles. The van der Waals surface area contributed by atoms with Crippen LogP contribution in [-0.2, 0) is 16.6 Å². The van der Waals surface area contributed by atoms with Crippen LogP contribution < -0.4 is 10.5 Å². The van der Waals surface area contributed by atoms with Crippen LogP contribution in [0.1, 0.15) is 19.7 Å². The first-order valence-corrected chi connectivity index (χ1v) is 7.02. The average Bonchev–Trinajstić information content (AvgIpc) is 2.59. The van der Waals surface area contributed by atoms with Crippen molar-refractivity contribution in [3.05, 3.63) is 12.0 Å². The molecule has 0 radical (unpaired) electrons. The topological polar surface area (TPSA) is 90.0 Å². The van der Waals surface area contributed by atoms with Gasteiger partial charge in [-0.15, -0.1) is 0 Å². The van der Waals surface area contributed by atoms with Gasteiger partial charge in [0.25, 0.3) is 10.0 Å². The van der Waals surface area contributed by atoms with Crippen LogP contribution in [0.2, 0.25) is 0 Å². The minimum absolute atomic E-state index is 0.0139. The summed E-state index contributed by atoms with van der Waals surface area (Å²) < 4.78 is 28.0. The second kappa shape index (κ2) is 5.11. The van der Waals surface area contributed by atoms with Crippen molar-refractivity contribution in [2.24, 2.45) is 5.73 Å². The molecule has 1 aromatic heterocycles. The fourth-order valence-electron chi connectivity index (χ4n) is 1.28. The minimum Gasteiger partial charge on any atom is -0.392 e. The smallest absolute Gasteiger partial charge is 0.260 e. The number of hydrogen-bond acceptors (Lipinski definition) is 4. The molecule has 17 heavy (non-hydrogen) atoms. The SMILES string of the molecule is CCn1cc(S(=O)(=O)NC(C)C(N)=S)nc1C. The fourth-order valence-corrected chi connectivity index (χ4v) is 2.65. The van der Waals surface area contributed by atoms with Gasteiger partial charge in [-0.05, 0) is 20.8 Å². The molecule has 0 fully saturated rings. The predicted octanol–water partition coefficient (Wildman–Crippen LogP) is 0.164. The number of rotatable bonds is 5. The van der Waals surface area contributed by atoms with Crippen molar-refractivity contribution in [3.8, 4) is 0 Å². The van der Waals surface area contributed by atoms with E-state index in [-0.39, 0.29) is 10.0 Å². The van der Waals surface area contributed by atoms with E-state index in [2.05, 4.69) is 9.71 Å². The molecule has 1 unspecified atom stereocenters. The van der Waals surface area contributed by atoms with Crippen molar-refractivity contribution in [2.45, 2.75) is 38.4 Å². The van der Waals surface area contributed by atoms with E-state index in [0.29, 0.717) is 12.4 Å². The first kappa shape index (κ1) is 14.1. The zero-order valence-electron chi connectivity index (χ0n) is 9.97. The van der Waals surface area contributed by atoms with Crippen molar-refractivity contribution in [1.82, 2.24) is 14.3 Å². The summed E-state index contributed by atoms with van der Waals surface area (Å²) in [6, 6.07) is -0.595. The van der Waals surface area contributed by atoms with Crippen LogP contribution >= 0.6 is 12.2 Å². The van der Waals surface area contributed by atoms with Crippen molar-refractivity contribution in [3.63, 3.8) is 0 Å². The van der Waals surface area contributed by atoms with Gasteiger partial charge < -0.3 is 10.3 Å². The molecule has 0 spiro atoms. The summed E-state index contributed by atoms with van der Waals surface area (Å²) in [5.41, 5.74) is 5.36. The van der Waals surface area contributed by atoms with E-state index < -0.39 is 16.1 Å². The standard InChI is InChI=1S/C9H16N4O2S2/c1-4-13-5-8(11-7(13)3)17(14,15)12-6(2)9(10)16/h5-6,12H,4H2,1-3H3,(H2,10,16). The summed E-state index contributed by atoms with van der Waals surface area (Å²) in [4.78, 5) is 4.09. The van der Waals surface area contributed by atoms with E-state index in [4.69, 9.17) is 18.0 Å². The Bertz CT molecular complexity index is 521. The zero-order chi connectivity index (χ0) is 13.2. The molecule has 0 saturated heterocycles. The van der Waals surface area contributed by atoms with Gasteiger partial charge in [0.15, 0.2) is 5.03 Å². The number of nitrogens with one attached hydrogen (secondary N) is 1. The Morgan fingerprint density at radius 1 is 1.71 bits per heavy atom. The van der Waals surface area contributed by atoms with E-state index in [1.165, 1.54) is 6.20 Å². The summed E-state index contributed by atoms with van der Waals surface area (Å²) in [6.07, 6.45) is 1.49. The van der Waals surface area contributed by atoms with E-state index in [9.17, 15) is 8.42 Å². The first-order chi connectivity index (χ1) is 7.77. The Labute approximate surface area is 106 Å². The predicted molar refractivity (Wildman–Crippen MR) is 69.2 cm³/mol. The first-order valence-electron chi connectivity index (χ1n) is 5.13. The van der Waals surface area contributed by atoms with Crippen LogP contribution in [-0.4, -0.2) is 29.0 Å². The summed E-state index contributed by atoms with van der Waals surface area (Å²) in [6.45, 7) is 5.92. The molecule has 0 amide bonds. The summed E-state index contributed by atoms with van der Waals surface area (Å²) in [5, 5.41) is -0.0139. The minimum atomic E-state index is -3.67. The molecule has 0 saturated carbocycles. The lowest BCUT2D eigenvalue weighted by molar-refractivity contribution is 0.575. The Balaban J connectivity index is 3.01. The molecule has 8 heteroatoms. The maximum atomic E-state index is 11.9. The molecule has 1 atom stereocenters. The Kier molecular flexibility index (Phi) is 4.23. The lowest BCUT2D eigenvalue weighted by Gasteiger charge is -2.10. The molecular formula is C9H16N4O2S2. The second-order valence-electron chi connectivity index (χ2n) is 3.66. The largest absolute Gasteiger partial charge is 0.392 e. The second-order valence-corrected chi connectivity index (χ2v) is 5.79. The van der Waals surface area contributed by atoms with Gasteiger partial charge in [0.05, 0.1) is 11.0 Å². The van der Waals surface area contributed by atoms with Gasteiger partial charge in [0.1, 0.15) is 5.82 Å². The number of thiocarbonyl (C=S) groups is 1. The third-order valence-electron chi connectivity index (χ3n) is 2.33. The molecule has 0 bridgehead atoms. The van der Waals surface area contributed by atoms with Gasteiger partial charge >= 0.3 is 0 Å². The lowest BCUT2D eigenvalue weighted by atomic mass is 10.4. The van der Waals surface area contributed by atoms with Crippen LogP contribution in [0.25, 0.3) is 0 Å². The van der Waals surface area contributed by atoms with Crippen LogP contribution in [0.15, 0.2) is 11.2 Å². The fraction of sp³-hybridized carbons (Fsp3) is 0.556. The molecular weight excluding hydrogens is 260 g/mol. The van der Waals surface area contributed by atoms with Crippen molar-refractivity contribution in [2.75, 3.05) is 0 Å². The highest BCUT2D eigenvalue weighted by Crippen LogP contribution is 2.09. The number of sulfonamides is 1. The normalized spacial score (nSPS) is 13.6. The third-order valence-corrected chi connectivity index (χ3v) is 4.09. The van der Waals surface area contributed by atoms with E-state index >= 15 is 0 Å². The van der Waals surface area contributed by atoms with Crippen LogP contribution in [0, 0.1) is 6.92 Å². The molecule has 1 heterocycles. The molecule has 1 rings (SSSR count). The summed E-state index contributed by atoms with van der Waals surface area (Å²) >= 11 is 4.72. The molecule has 3 N–H and O–H groups in total. The van der Waals surface area contributed by atoms with Crippen molar-refractivity contribution >= 4 is 27.2 Å². The van der Waals surface area contributed by atoms with E-state index in [1.54, 1.807) is 18.4 Å². The van der Waals surface area contributed by atoms with Gasteiger partial charge in [-0.3, -0.25) is 0 Å². The molecule has 0 aliphatic heterocycles. The monoisotopic (exact) mass is 276 g/mol. The Morgan fingerprint density at radius 2 is 2.29 bits per heavy atom. The highest BCUT2D eigenvalue weighted by Gasteiger charge is 2.22. The average molecular weight is 276 g/mol. The molecule has 0 aliphatic rings. The van der Waals surface area contributed by atoms with E-state index in [0.717, 1.165) is 0 Å². The maximum absolute atomic E-state index is 11.9. The van der Waals surface area contributed by atoms with Gasteiger partial charge in [-0.25, -0.2) is 18.1 Å². The number of aromatic nitrogens is 2. The number of nitrogens with two attached hydrogens (primary N) is 1. The van der Waals surface area contributed by atoms with Gasteiger partial charge in [-0.2, -0.15) is 0 Å². The molecule has 96 valence electrons. The number of aryl methyl sites for hydroxylation is 2. The quantitative estimate of drug-likeness (QED) is 0.748. The van der Waals surface area contributed by atoms with Crippen LogP contribution in [0.3, 0.4) is 0 Å². The van der Waals surface area contributed by atoms with Crippen LogP contribution in [0.4, 0.5) is 0 Å². The number of hydrogen-bond donors (Lipinski definition) is 2. The molecule has 1 aromatic rings. The zero-order valence-corrected chi connectivity index (χ0v) is 11.6. The third kappa shape index (κ3) is 3.24. The molecule has 6 nitrogen and oxygen atoms in total. The van der Waals surface area contributed by atoms with Gasteiger partial charge in [0.2, 0.25) is 0 Å². The highest BCUT2D eigenvalue weighted by atomic mass is 32.2. The van der Waals surface area contributed by atoms with E-state index in [1.807, 2.05) is 6.92 Å². The van der Waals surface area contributed by atoms with Crippen molar-refractivity contribution in [1.29, 1.82) is 0 Å². The number of imidazole rings is 1. The number of nitrogens with zero attached hydrogens (tertiary/aromatic N) is 2. The maximum Gasteiger partial charge on any atom is 0.260 e. The summed E-state index contributed by atoms with van der Waals surface area (Å²) in [7, 11) is -3.67. The van der Waals surface area contributed by atoms with Crippen LogP contribution in [0.5, 0.6) is 0 Å². The molecule has 0 aromatic carbocycles. The lowest BCUT2D eigenvalue weighted by Crippen LogP contribution is -2.41. The van der Waals surface area contributed by atoms with Gasteiger partial charge in [-0.1, -0.05) is 12.2 Å². The van der Waals surface area contributed by atoms with Gasteiger partial charge in [0, 0.05) is 12.7 Å².